The van der Waals surface area contributed by atoms with Gasteiger partial charge in [-0.15, -0.1) is 0 Å². The highest BCUT2D eigenvalue weighted by atomic mass is 32.1. The van der Waals surface area contributed by atoms with E-state index in [-0.39, 0.29) is 0 Å². The molecule has 4 heterocycles. The summed E-state index contributed by atoms with van der Waals surface area (Å²) in [4.78, 5) is 13.5. The fourth-order valence-electron chi connectivity index (χ4n) is 4.85. The normalized spacial score (nSPS) is 20.7. The molecule has 2 aliphatic heterocycles. The third-order valence-corrected chi connectivity index (χ3v) is 7.02. The van der Waals surface area contributed by atoms with Crippen LogP contribution in [0.4, 0.5) is 5.82 Å². The minimum Gasteiger partial charge on any atom is -0.357 e. The molecule has 2 aromatic heterocycles. The van der Waals surface area contributed by atoms with E-state index in [9.17, 15) is 0 Å². The largest absolute Gasteiger partial charge is 0.357 e. The highest BCUT2D eigenvalue weighted by Gasteiger charge is 2.46. The average molecular weight is 432 g/mol. The second-order valence-electron chi connectivity index (χ2n) is 8.70. The van der Waals surface area contributed by atoms with Crippen LogP contribution in [-0.4, -0.2) is 51.9 Å². The number of aryl methyl sites for hydroxylation is 1. The third-order valence-electron chi connectivity index (χ3n) is 6.67. The maximum Gasteiger partial charge on any atom is 0.189 e. The van der Waals surface area contributed by atoms with E-state index < -0.39 is 0 Å². The van der Waals surface area contributed by atoms with Gasteiger partial charge in [-0.2, -0.15) is 10.4 Å². The standard InChI is InChI=1S/C23H25N7S/c24-14-17-6-10-25-20(13-17)29-11-7-23(8-12-29)15-30(16-23)22(31)28-27-19-5-1-3-18-4-2-9-26-21(18)19/h2,4,6,9-10,13H,1,3,5,7-8,11-12,15-16H2,(H,28,31)/b27-19-. The Hall–Kier alpha value is -3.05. The van der Waals surface area contributed by atoms with Crippen LogP contribution >= 0.6 is 12.2 Å². The molecule has 0 radical (unpaired) electrons. The first-order valence-electron chi connectivity index (χ1n) is 10.8. The Morgan fingerprint density at radius 1 is 1.16 bits per heavy atom. The lowest BCUT2D eigenvalue weighted by molar-refractivity contribution is 0.0328. The summed E-state index contributed by atoms with van der Waals surface area (Å²) in [5.74, 6) is 0.902. The number of pyridine rings is 2. The number of thiocarbonyl (C=S) groups is 1. The quantitative estimate of drug-likeness (QED) is 0.578. The Morgan fingerprint density at radius 3 is 2.81 bits per heavy atom. The maximum absolute atomic E-state index is 9.11. The first-order chi connectivity index (χ1) is 15.2. The Labute approximate surface area is 187 Å². The van der Waals surface area contributed by atoms with Crippen molar-refractivity contribution in [1.82, 2.24) is 20.3 Å². The fraction of sp³-hybridized carbons (Fsp3) is 0.435. The molecule has 158 valence electrons. The third kappa shape index (κ3) is 3.98. The summed E-state index contributed by atoms with van der Waals surface area (Å²) in [7, 11) is 0. The van der Waals surface area contributed by atoms with E-state index >= 15 is 0 Å². The molecule has 1 spiro atoms. The minimum atomic E-state index is 0.321. The zero-order valence-corrected chi connectivity index (χ0v) is 18.2. The summed E-state index contributed by atoms with van der Waals surface area (Å²) >= 11 is 5.61. The predicted octanol–water partition coefficient (Wildman–Crippen LogP) is 2.87. The second-order valence-corrected chi connectivity index (χ2v) is 9.08. The molecule has 0 atom stereocenters. The molecule has 0 bridgehead atoms. The van der Waals surface area contributed by atoms with E-state index in [1.54, 1.807) is 12.3 Å². The van der Waals surface area contributed by atoms with Gasteiger partial charge in [-0.3, -0.25) is 10.4 Å². The van der Waals surface area contributed by atoms with E-state index in [0.717, 1.165) is 75.5 Å². The number of hydrogen-bond acceptors (Lipinski definition) is 6. The number of hydrazone groups is 1. The van der Waals surface area contributed by atoms with Crippen LogP contribution in [0.2, 0.25) is 0 Å². The van der Waals surface area contributed by atoms with E-state index in [2.05, 4.69) is 42.4 Å². The van der Waals surface area contributed by atoms with Gasteiger partial charge in [0.15, 0.2) is 5.11 Å². The Balaban J connectivity index is 1.15. The molecule has 7 nitrogen and oxygen atoms in total. The van der Waals surface area contributed by atoms with E-state index in [4.69, 9.17) is 17.5 Å². The van der Waals surface area contributed by atoms with Crippen molar-refractivity contribution in [2.24, 2.45) is 10.5 Å². The van der Waals surface area contributed by atoms with Crippen LogP contribution in [-0.2, 0) is 6.42 Å². The molecule has 0 amide bonds. The zero-order chi connectivity index (χ0) is 21.3. The minimum absolute atomic E-state index is 0.321. The number of rotatable bonds is 2. The lowest BCUT2D eigenvalue weighted by Crippen LogP contribution is -2.63. The highest BCUT2D eigenvalue weighted by Crippen LogP contribution is 2.41. The van der Waals surface area contributed by atoms with E-state index in [0.29, 0.717) is 16.1 Å². The molecule has 31 heavy (non-hydrogen) atoms. The van der Waals surface area contributed by atoms with Gasteiger partial charge < -0.3 is 9.80 Å². The maximum atomic E-state index is 9.11. The summed E-state index contributed by atoms with van der Waals surface area (Å²) in [6.07, 6.45) is 8.86. The predicted molar refractivity (Wildman–Crippen MR) is 124 cm³/mol. The molecule has 1 N–H and O–H groups in total. The summed E-state index contributed by atoms with van der Waals surface area (Å²) in [5, 5.41) is 14.4. The number of anilines is 1. The SMILES string of the molecule is N#Cc1ccnc(N2CCC3(CC2)CN(C(=S)N/N=C2/CCCc4cccnc42)C3)c1. The van der Waals surface area contributed by atoms with Gasteiger partial charge in [-0.25, -0.2) is 4.98 Å². The van der Waals surface area contributed by atoms with E-state index in [1.165, 1.54) is 5.56 Å². The molecule has 2 aromatic rings. The Kier molecular flexibility index (Phi) is 5.28. The lowest BCUT2D eigenvalue weighted by Gasteiger charge is -2.54. The van der Waals surface area contributed by atoms with Gasteiger partial charge in [-0.05, 0) is 68.1 Å². The molecule has 2 saturated heterocycles. The van der Waals surface area contributed by atoms with Crippen molar-refractivity contribution in [3.05, 3.63) is 53.5 Å². The van der Waals surface area contributed by atoms with Crippen LogP contribution in [0.15, 0.2) is 41.8 Å². The van der Waals surface area contributed by atoms with Gasteiger partial charge in [-0.1, -0.05) is 6.07 Å². The number of fused-ring (bicyclic) bond motifs is 1. The highest BCUT2D eigenvalue weighted by molar-refractivity contribution is 7.80. The van der Waals surface area contributed by atoms with Crippen LogP contribution in [0.1, 0.15) is 42.5 Å². The number of aromatic nitrogens is 2. The smallest absolute Gasteiger partial charge is 0.189 e. The molecule has 0 aromatic carbocycles. The van der Waals surface area contributed by atoms with Gasteiger partial charge in [0.25, 0.3) is 0 Å². The molecule has 1 aliphatic carbocycles. The van der Waals surface area contributed by atoms with Gasteiger partial charge >= 0.3 is 0 Å². The van der Waals surface area contributed by atoms with Crippen LogP contribution in [0.3, 0.4) is 0 Å². The number of likely N-dealkylation sites (tertiary alicyclic amines) is 1. The Bertz CT molecular complexity index is 1060. The van der Waals surface area contributed by atoms with Gasteiger partial charge in [0.05, 0.1) is 23.0 Å². The van der Waals surface area contributed by atoms with Crippen LogP contribution in [0, 0.1) is 16.7 Å². The van der Waals surface area contributed by atoms with E-state index in [1.807, 2.05) is 18.3 Å². The van der Waals surface area contributed by atoms with Gasteiger partial charge in [0, 0.05) is 44.0 Å². The number of nitriles is 1. The van der Waals surface area contributed by atoms with Crippen molar-refractivity contribution in [3.63, 3.8) is 0 Å². The average Bonchev–Trinajstić information content (AvgIpc) is 2.81. The Morgan fingerprint density at radius 2 is 2.00 bits per heavy atom. The lowest BCUT2D eigenvalue weighted by atomic mass is 9.72. The molecular weight excluding hydrogens is 406 g/mol. The van der Waals surface area contributed by atoms with Gasteiger partial charge in [0.2, 0.25) is 0 Å². The first kappa shape index (κ1) is 19.9. The summed E-state index contributed by atoms with van der Waals surface area (Å²) < 4.78 is 0. The molecule has 8 heteroatoms. The summed E-state index contributed by atoms with van der Waals surface area (Å²) in [6, 6.07) is 9.94. The van der Waals surface area contributed by atoms with Crippen LogP contribution in [0.5, 0.6) is 0 Å². The van der Waals surface area contributed by atoms with Crippen LogP contribution < -0.4 is 10.3 Å². The number of piperidine rings is 1. The molecule has 0 unspecified atom stereocenters. The first-order valence-corrected chi connectivity index (χ1v) is 11.2. The van der Waals surface area contributed by atoms with Crippen molar-refractivity contribution >= 4 is 28.9 Å². The number of nitrogens with one attached hydrogen (secondary N) is 1. The molecular formula is C23H25N7S. The van der Waals surface area contributed by atoms with Crippen molar-refractivity contribution in [3.8, 4) is 6.07 Å². The van der Waals surface area contributed by atoms with Crippen molar-refractivity contribution in [1.29, 1.82) is 5.26 Å². The molecule has 0 saturated carbocycles. The number of hydrogen-bond donors (Lipinski definition) is 1. The topological polar surface area (TPSA) is 80.4 Å². The van der Waals surface area contributed by atoms with Crippen molar-refractivity contribution < 1.29 is 0 Å². The molecule has 3 aliphatic rings. The molecule has 5 rings (SSSR count). The van der Waals surface area contributed by atoms with Crippen molar-refractivity contribution in [2.75, 3.05) is 31.1 Å². The number of nitrogens with zero attached hydrogens (tertiary/aromatic N) is 6. The zero-order valence-electron chi connectivity index (χ0n) is 17.4. The summed E-state index contributed by atoms with van der Waals surface area (Å²) in [5.41, 5.74) is 7.37. The fourth-order valence-corrected chi connectivity index (χ4v) is 5.03. The molecule has 2 fully saturated rings. The second kappa shape index (κ2) is 8.23. The summed E-state index contributed by atoms with van der Waals surface area (Å²) in [6.45, 7) is 3.86. The monoisotopic (exact) mass is 431 g/mol. The van der Waals surface area contributed by atoms with Gasteiger partial charge in [0.1, 0.15) is 5.82 Å². The van der Waals surface area contributed by atoms with Crippen molar-refractivity contribution in [2.45, 2.75) is 32.1 Å². The van der Waals surface area contributed by atoms with Crippen LogP contribution in [0.25, 0.3) is 0 Å².